The van der Waals surface area contributed by atoms with Crippen LogP contribution in [0.15, 0.2) is 12.2 Å². The Kier molecular flexibility index (Phi) is 5.73. The van der Waals surface area contributed by atoms with E-state index in [4.69, 9.17) is 0 Å². The summed E-state index contributed by atoms with van der Waals surface area (Å²) in [5.74, 6) is 0. The summed E-state index contributed by atoms with van der Waals surface area (Å²) in [6.45, 7) is 2.12. The van der Waals surface area contributed by atoms with Crippen LogP contribution in [0.2, 0.25) is 0 Å². The number of hydrogen-bond donors (Lipinski definition) is 1. The van der Waals surface area contributed by atoms with Crippen LogP contribution in [0.5, 0.6) is 0 Å². The molecule has 0 aromatic heterocycles. The van der Waals surface area contributed by atoms with E-state index in [2.05, 4.69) is 31.7 Å². The van der Waals surface area contributed by atoms with Crippen molar-refractivity contribution >= 4 is 12.6 Å². The summed E-state index contributed by atoms with van der Waals surface area (Å²) in [5.41, 5.74) is 0. The van der Waals surface area contributed by atoms with Gasteiger partial charge in [-0.05, 0) is 45.4 Å². The lowest BCUT2D eigenvalue weighted by molar-refractivity contribution is 0.278. The molecule has 0 fully saturated rings. The molecule has 2 atom stereocenters. The molecule has 88 valence electrons. The van der Waals surface area contributed by atoms with E-state index < -0.39 is 6.17 Å². The van der Waals surface area contributed by atoms with Crippen molar-refractivity contribution in [2.75, 3.05) is 0 Å². The van der Waals surface area contributed by atoms with E-state index in [9.17, 15) is 4.39 Å². The van der Waals surface area contributed by atoms with Crippen molar-refractivity contribution in [3.05, 3.63) is 12.2 Å². The zero-order valence-electron chi connectivity index (χ0n) is 9.71. The summed E-state index contributed by atoms with van der Waals surface area (Å²) in [7, 11) is 0. The van der Waals surface area contributed by atoms with E-state index in [0.29, 0.717) is 6.42 Å². The first-order chi connectivity index (χ1) is 7.10. The fraction of sp³-hybridized carbons (Fsp3) is 0.846. The Morgan fingerprint density at radius 3 is 2.73 bits per heavy atom. The zero-order valence-corrected chi connectivity index (χ0v) is 10.6. The van der Waals surface area contributed by atoms with Crippen molar-refractivity contribution < 1.29 is 4.39 Å². The van der Waals surface area contributed by atoms with E-state index >= 15 is 0 Å². The van der Waals surface area contributed by atoms with Crippen LogP contribution >= 0.6 is 12.6 Å². The quantitative estimate of drug-likeness (QED) is 0.452. The third kappa shape index (κ3) is 6.24. The van der Waals surface area contributed by atoms with Crippen LogP contribution in [-0.2, 0) is 0 Å². The topological polar surface area (TPSA) is 0 Å². The van der Waals surface area contributed by atoms with Crippen molar-refractivity contribution in [3.63, 3.8) is 0 Å². The van der Waals surface area contributed by atoms with Gasteiger partial charge < -0.3 is 0 Å². The molecule has 0 nitrogen and oxygen atoms in total. The first-order valence-corrected chi connectivity index (χ1v) is 6.59. The Morgan fingerprint density at radius 2 is 1.93 bits per heavy atom. The fourth-order valence-corrected chi connectivity index (χ4v) is 2.31. The number of hydrogen-bond acceptors (Lipinski definition) is 1. The van der Waals surface area contributed by atoms with E-state index in [1.807, 2.05) is 0 Å². The van der Waals surface area contributed by atoms with E-state index in [1.165, 1.54) is 6.42 Å². The van der Waals surface area contributed by atoms with Gasteiger partial charge in [-0.25, -0.2) is 4.39 Å². The predicted molar refractivity (Wildman–Crippen MR) is 68.4 cm³/mol. The molecule has 0 saturated carbocycles. The standard InChI is InChI=1S/C13H23FS/c1-13(15)10-6-4-2-3-5-8-12(14)9-7-11-13/h6,10,12,15H,2-5,7-9,11H2,1H3/b10-6-. The van der Waals surface area contributed by atoms with Crippen LogP contribution in [0.25, 0.3) is 0 Å². The Hall–Kier alpha value is 0.0200. The van der Waals surface area contributed by atoms with Gasteiger partial charge in [-0.15, -0.1) is 0 Å². The molecule has 0 amide bonds. The lowest BCUT2D eigenvalue weighted by Crippen LogP contribution is -2.14. The van der Waals surface area contributed by atoms with Crippen LogP contribution in [0.3, 0.4) is 0 Å². The molecule has 0 bridgehead atoms. The van der Waals surface area contributed by atoms with Gasteiger partial charge in [0, 0.05) is 4.75 Å². The lowest BCUT2D eigenvalue weighted by Gasteiger charge is -2.20. The second-order valence-electron chi connectivity index (χ2n) is 4.89. The second kappa shape index (κ2) is 6.57. The highest BCUT2D eigenvalue weighted by Gasteiger charge is 2.16. The second-order valence-corrected chi connectivity index (χ2v) is 5.91. The molecule has 0 spiro atoms. The van der Waals surface area contributed by atoms with Crippen molar-refractivity contribution in [1.29, 1.82) is 0 Å². The SMILES string of the molecule is CC1(S)/C=C\CCCCCC(F)CCC1. The number of rotatable bonds is 0. The smallest absolute Gasteiger partial charge is 0.100 e. The predicted octanol–water partition coefficient (Wildman–Crippen LogP) is 4.70. The van der Waals surface area contributed by atoms with Crippen LogP contribution in [0, 0.1) is 0 Å². The average Bonchev–Trinajstić information content (AvgIpc) is 2.14. The molecule has 0 aliphatic heterocycles. The molecule has 0 aromatic carbocycles. The normalized spacial score (nSPS) is 37.7. The molecule has 2 unspecified atom stereocenters. The maximum atomic E-state index is 13.4. The Morgan fingerprint density at radius 1 is 1.20 bits per heavy atom. The summed E-state index contributed by atoms with van der Waals surface area (Å²) in [5, 5.41) is 0. The highest BCUT2D eigenvalue weighted by molar-refractivity contribution is 7.82. The van der Waals surface area contributed by atoms with Crippen LogP contribution in [-0.4, -0.2) is 10.9 Å². The third-order valence-corrected chi connectivity index (χ3v) is 3.44. The molecule has 1 aliphatic rings. The van der Waals surface area contributed by atoms with Crippen LogP contribution in [0.4, 0.5) is 4.39 Å². The summed E-state index contributed by atoms with van der Waals surface area (Å²) < 4.78 is 13.3. The van der Waals surface area contributed by atoms with Gasteiger partial charge in [0.05, 0.1) is 0 Å². The minimum Gasteiger partial charge on any atom is -0.247 e. The average molecular weight is 230 g/mol. The molecule has 15 heavy (non-hydrogen) atoms. The molecule has 0 saturated heterocycles. The number of halogens is 1. The van der Waals surface area contributed by atoms with Gasteiger partial charge in [0.2, 0.25) is 0 Å². The Balaban J connectivity index is 2.44. The first kappa shape index (κ1) is 13.1. The largest absolute Gasteiger partial charge is 0.247 e. The molecule has 2 heteroatoms. The fourth-order valence-electron chi connectivity index (χ4n) is 2.05. The molecule has 0 aromatic rings. The molecular weight excluding hydrogens is 207 g/mol. The highest BCUT2D eigenvalue weighted by atomic mass is 32.1. The zero-order chi connectivity index (χ0) is 11.1. The monoisotopic (exact) mass is 230 g/mol. The molecule has 1 rings (SSSR count). The Labute approximate surface area is 98.7 Å². The summed E-state index contributed by atoms with van der Waals surface area (Å²) in [6.07, 6.45) is 11.8. The highest BCUT2D eigenvalue weighted by Crippen LogP contribution is 2.26. The van der Waals surface area contributed by atoms with Crippen LogP contribution in [0.1, 0.15) is 58.3 Å². The lowest BCUT2D eigenvalue weighted by atomic mass is 9.97. The van der Waals surface area contributed by atoms with Gasteiger partial charge in [0.15, 0.2) is 0 Å². The van der Waals surface area contributed by atoms with Crippen molar-refractivity contribution in [1.82, 2.24) is 0 Å². The van der Waals surface area contributed by atoms with Gasteiger partial charge in [0.25, 0.3) is 0 Å². The molecule has 1 aliphatic carbocycles. The van der Waals surface area contributed by atoms with E-state index in [0.717, 1.165) is 38.5 Å². The molecule has 0 radical (unpaired) electrons. The van der Waals surface area contributed by atoms with Gasteiger partial charge in [0.1, 0.15) is 6.17 Å². The maximum absolute atomic E-state index is 13.4. The van der Waals surface area contributed by atoms with E-state index in [1.54, 1.807) is 0 Å². The summed E-state index contributed by atoms with van der Waals surface area (Å²) in [6, 6.07) is 0. The van der Waals surface area contributed by atoms with Gasteiger partial charge in [-0.2, -0.15) is 12.6 Å². The summed E-state index contributed by atoms with van der Waals surface area (Å²) in [4.78, 5) is 0. The summed E-state index contributed by atoms with van der Waals surface area (Å²) >= 11 is 4.60. The minimum atomic E-state index is -0.586. The number of allylic oxidation sites excluding steroid dienone is 1. The third-order valence-electron chi connectivity index (χ3n) is 3.07. The maximum Gasteiger partial charge on any atom is 0.100 e. The van der Waals surface area contributed by atoms with E-state index in [-0.39, 0.29) is 4.75 Å². The molecule has 0 N–H and O–H groups in total. The molecule has 0 heterocycles. The van der Waals surface area contributed by atoms with Crippen molar-refractivity contribution in [2.24, 2.45) is 0 Å². The number of alkyl halides is 1. The van der Waals surface area contributed by atoms with Crippen LogP contribution < -0.4 is 0 Å². The van der Waals surface area contributed by atoms with Crippen molar-refractivity contribution in [2.45, 2.75) is 69.2 Å². The minimum absolute atomic E-state index is 0.0427. The first-order valence-electron chi connectivity index (χ1n) is 6.14. The van der Waals surface area contributed by atoms with Crippen molar-refractivity contribution in [3.8, 4) is 0 Å². The van der Waals surface area contributed by atoms with Gasteiger partial charge in [-0.1, -0.05) is 25.0 Å². The Bertz CT molecular complexity index is 199. The van der Waals surface area contributed by atoms with Gasteiger partial charge >= 0.3 is 0 Å². The number of thiol groups is 1. The molecular formula is C13H23FS. The van der Waals surface area contributed by atoms with Gasteiger partial charge in [-0.3, -0.25) is 0 Å².